The highest BCUT2D eigenvalue weighted by Gasteiger charge is 2.34. The summed E-state index contributed by atoms with van der Waals surface area (Å²) in [7, 11) is -4.11. The van der Waals surface area contributed by atoms with Gasteiger partial charge in [-0.1, -0.05) is 70.9 Å². The number of hydrogen-bond donors (Lipinski definition) is 1. The number of halogens is 1. The summed E-state index contributed by atoms with van der Waals surface area (Å²) in [5.74, 6) is -0.805. The Bertz CT molecular complexity index is 1430. The number of carbonyl (C=O) groups is 2. The van der Waals surface area contributed by atoms with Crippen molar-refractivity contribution in [1.29, 1.82) is 0 Å². The van der Waals surface area contributed by atoms with Crippen LogP contribution in [-0.4, -0.2) is 43.3 Å². The maximum absolute atomic E-state index is 14.1. The summed E-state index contributed by atoms with van der Waals surface area (Å²) in [6, 6.07) is 20.4. The average molecular weight is 629 g/mol. The lowest BCUT2D eigenvalue weighted by atomic mass is 10.1. The lowest BCUT2D eigenvalue weighted by Gasteiger charge is -2.34. The van der Waals surface area contributed by atoms with Gasteiger partial charge in [0.05, 0.1) is 10.6 Å². The first kappa shape index (κ1) is 31.4. The minimum absolute atomic E-state index is 0.0924. The molecule has 2 amide bonds. The molecule has 0 aromatic heterocycles. The maximum atomic E-state index is 14.1. The van der Waals surface area contributed by atoms with Crippen molar-refractivity contribution in [3.05, 3.63) is 94.0 Å². The number of hydrogen-bond acceptors (Lipinski definition) is 4. The van der Waals surface area contributed by atoms with Crippen LogP contribution in [0.1, 0.15) is 51.3 Å². The Hall–Kier alpha value is -3.17. The standard InChI is InChI=1S/C31H38BrN3O4S/c1-7-25-10-8-9-11-28(25)35(40(38,39)27-18-12-22(2)13-19-27)21-29(36)34(20-24-14-16-26(32)17-15-24)23(3)30(37)33-31(4,5)6/h8-19,23H,7,20-21H2,1-6H3,(H,33,37)/t23-/m0/s1. The fraction of sp³-hybridized carbons (Fsp3) is 0.355. The van der Waals surface area contributed by atoms with Crippen molar-refractivity contribution in [2.75, 3.05) is 10.8 Å². The van der Waals surface area contributed by atoms with E-state index in [4.69, 9.17) is 0 Å². The van der Waals surface area contributed by atoms with Crippen molar-refractivity contribution < 1.29 is 18.0 Å². The minimum atomic E-state index is -4.11. The molecule has 0 aliphatic heterocycles. The van der Waals surface area contributed by atoms with Gasteiger partial charge in [0.25, 0.3) is 10.0 Å². The van der Waals surface area contributed by atoms with Gasteiger partial charge in [0.2, 0.25) is 11.8 Å². The van der Waals surface area contributed by atoms with E-state index in [1.54, 1.807) is 43.3 Å². The number of amides is 2. The molecule has 0 spiro atoms. The summed E-state index contributed by atoms with van der Waals surface area (Å²) in [6.45, 7) is 10.8. The van der Waals surface area contributed by atoms with Gasteiger partial charge in [-0.2, -0.15) is 0 Å². The first-order chi connectivity index (χ1) is 18.7. The SMILES string of the molecule is CCc1ccccc1N(CC(=O)N(Cc1ccc(Br)cc1)[C@@H](C)C(=O)NC(C)(C)C)S(=O)(=O)c1ccc(C)cc1. The van der Waals surface area contributed by atoms with Crippen molar-refractivity contribution in [2.45, 2.75) is 71.0 Å². The molecule has 7 nitrogen and oxygen atoms in total. The molecular weight excluding hydrogens is 590 g/mol. The van der Waals surface area contributed by atoms with Crippen LogP contribution in [-0.2, 0) is 32.6 Å². The van der Waals surface area contributed by atoms with Crippen molar-refractivity contribution in [3.8, 4) is 0 Å². The molecule has 40 heavy (non-hydrogen) atoms. The first-order valence-corrected chi connectivity index (χ1v) is 15.5. The van der Waals surface area contributed by atoms with E-state index in [-0.39, 0.29) is 17.3 Å². The number of sulfonamides is 1. The number of benzene rings is 3. The summed E-state index contributed by atoms with van der Waals surface area (Å²) < 4.78 is 30.1. The van der Waals surface area contributed by atoms with Crippen LogP contribution in [0.5, 0.6) is 0 Å². The van der Waals surface area contributed by atoms with E-state index >= 15 is 0 Å². The summed E-state index contributed by atoms with van der Waals surface area (Å²) in [5, 5.41) is 2.94. The molecule has 0 fully saturated rings. The molecule has 0 saturated heterocycles. The normalized spacial score (nSPS) is 12.5. The number of para-hydroxylation sites is 1. The minimum Gasteiger partial charge on any atom is -0.350 e. The molecule has 3 rings (SSSR count). The zero-order valence-electron chi connectivity index (χ0n) is 23.9. The van der Waals surface area contributed by atoms with Gasteiger partial charge in [0, 0.05) is 16.6 Å². The van der Waals surface area contributed by atoms with Crippen LogP contribution in [0.3, 0.4) is 0 Å². The number of nitrogens with zero attached hydrogens (tertiary/aromatic N) is 2. The molecule has 0 radical (unpaired) electrons. The average Bonchev–Trinajstić information content (AvgIpc) is 2.90. The number of carbonyl (C=O) groups excluding carboxylic acids is 2. The van der Waals surface area contributed by atoms with Crippen LogP contribution in [0.2, 0.25) is 0 Å². The Morgan fingerprint density at radius 2 is 1.55 bits per heavy atom. The topological polar surface area (TPSA) is 86.8 Å². The van der Waals surface area contributed by atoms with Crippen molar-refractivity contribution in [3.63, 3.8) is 0 Å². The fourth-order valence-electron chi connectivity index (χ4n) is 4.25. The second-order valence-corrected chi connectivity index (χ2v) is 13.6. The smallest absolute Gasteiger partial charge is 0.264 e. The second-order valence-electron chi connectivity index (χ2n) is 10.9. The van der Waals surface area contributed by atoms with Gasteiger partial charge in [-0.3, -0.25) is 13.9 Å². The van der Waals surface area contributed by atoms with E-state index in [0.29, 0.717) is 12.1 Å². The van der Waals surface area contributed by atoms with Crippen LogP contribution in [0.15, 0.2) is 82.2 Å². The first-order valence-electron chi connectivity index (χ1n) is 13.3. The summed E-state index contributed by atoms with van der Waals surface area (Å²) in [5.41, 5.74) is 2.47. The quantitative estimate of drug-likeness (QED) is 0.306. The van der Waals surface area contributed by atoms with Gasteiger partial charge in [0.1, 0.15) is 12.6 Å². The largest absolute Gasteiger partial charge is 0.350 e. The van der Waals surface area contributed by atoms with Crippen LogP contribution in [0, 0.1) is 6.92 Å². The van der Waals surface area contributed by atoms with Crippen molar-refractivity contribution in [2.24, 2.45) is 0 Å². The molecule has 214 valence electrons. The molecule has 0 unspecified atom stereocenters. The van der Waals surface area contributed by atoms with E-state index in [1.807, 2.05) is 71.0 Å². The maximum Gasteiger partial charge on any atom is 0.264 e. The van der Waals surface area contributed by atoms with Gasteiger partial charge in [-0.25, -0.2) is 8.42 Å². The number of nitrogens with one attached hydrogen (secondary N) is 1. The predicted molar refractivity (Wildman–Crippen MR) is 164 cm³/mol. The molecule has 0 saturated carbocycles. The molecule has 0 heterocycles. The van der Waals surface area contributed by atoms with Gasteiger partial charge < -0.3 is 10.2 Å². The van der Waals surface area contributed by atoms with Crippen LogP contribution < -0.4 is 9.62 Å². The summed E-state index contributed by atoms with van der Waals surface area (Å²) in [6.07, 6.45) is 0.581. The fourth-order valence-corrected chi connectivity index (χ4v) is 5.96. The number of rotatable bonds is 10. The lowest BCUT2D eigenvalue weighted by molar-refractivity contribution is -0.140. The molecule has 9 heteroatoms. The van der Waals surface area contributed by atoms with Crippen molar-refractivity contribution in [1.82, 2.24) is 10.2 Å². The summed E-state index contributed by atoms with van der Waals surface area (Å²) in [4.78, 5) is 28.8. The molecule has 1 atom stereocenters. The van der Waals surface area contributed by atoms with E-state index in [0.717, 1.165) is 21.2 Å². The highest BCUT2D eigenvalue weighted by molar-refractivity contribution is 9.10. The van der Waals surface area contributed by atoms with Crippen LogP contribution in [0.4, 0.5) is 5.69 Å². The van der Waals surface area contributed by atoms with Gasteiger partial charge >= 0.3 is 0 Å². The highest BCUT2D eigenvalue weighted by atomic mass is 79.9. The predicted octanol–water partition coefficient (Wildman–Crippen LogP) is 5.85. The third-order valence-corrected chi connectivity index (χ3v) is 8.76. The molecule has 3 aromatic rings. The highest BCUT2D eigenvalue weighted by Crippen LogP contribution is 2.28. The second kappa shape index (κ2) is 13.0. The van der Waals surface area contributed by atoms with Crippen LogP contribution in [0.25, 0.3) is 0 Å². The van der Waals surface area contributed by atoms with Gasteiger partial charge in [-0.05, 0) is 82.5 Å². The Morgan fingerprint density at radius 1 is 0.950 bits per heavy atom. The molecule has 3 aromatic carbocycles. The van der Waals surface area contributed by atoms with Gasteiger partial charge in [0.15, 0.2) is 0 Å². The Kier molecular flexibility index (Phi) is 10.2. The van der Waals surface area contributed by atoms with Crippen molar-refractivity contribution >= 4 is 43.5 Å². The third-order valence-electron chi connectivity index (χ3n) is 6.46. The zero-order chi connectivity index (χ0) is 29.7. The van der Waals surface area contributed by atoms with E-state index in [2.05, 4.69) is 21.2 Å². The molecule has 0 bridgehead atoms. The zero-order valence-corrected chi connectivity index (χ0v) is 26.3. The molecule has 0 aliphatic rings. The Labute approximate surface area is 246 Å². The van der Waals surface area contributed by atoms with Crippen LogP contribution >= 0.6 is 15.9 Å². The lowest BCUT2D eigenvalue weighted by Crippen LogP contribution is -2.54. The summed E-state index contributed by atoms with van der Waals surface area (Å²) >= 11 is 3.43. The van der Waals surface area contributed by atoms with E-state index in [9.17, 15) is 18.0 Å². The Morgan fingerprint density at radius 3 is 2.12 bits per heavy atom. The Balaban J connectivity index is 2.07. The monoisotopic (exact) mass is 627 g/mol. The van der Waals surface area contributed by atoms with E-state index < -0.39 is 34.1 Å². The number of aryl methyl sites for hydroxylation is 2. The molecule has 1 N–H and O–H groups in total. The molecular formula is C31H38BrN3O4S. The van der Waals surface area contributed by atoms with Gasteiger partial charge in [-0.15, -0.1) is 0 Å². The molecule has 0 aliphatic carbocycles. The number of anilines is 1. The third kappa shape index (κ3) is 7.95. The van der Waals surface area contributed by atoms with E-state index in [1.165, 1.54) is 9.21 Å².